The second-order valence-corrected chi connectivity index (χ2v) is 6.14. The van der Waals surface area contributed by atoms with E-state index in [2.05, 4.69) is 10.0 Å². The van der Waals surface area contributed by atoms with E-state index in [4.69, 9.17) is 14.8 Å². The Hall–Kier alpha value is -1.49. The molecule has 1 fully saturated rings. The van der Waals surface area contributed by atoms with E-state index >= 15 is 0 Å². The standard InChI is InChI=1S/C14H20BN3O2/c1-10(17-18-16)11-6-8-12(9-7-11)15-19-13(2,3)14(4,5)20-15/h6-10H,1-5H3/t10-/m1/s1. The van der Waals surface area contributed by atoms with Gasteiger partial charge >= 0.3 is 7.12 Å². The largest absolute Gasteiger partial charge is 0.494 e. The van der Waals surface area contributed by atoms with Gasteiger partial charge in [0.2, 0.25) is 0 Å². The molecule has 0 unspecified atom stereocenters. The van der Waals surface area contributed by atoms with E-state index in [0.717, 1.165) is 11.0 Å². The zero-order valence-corrected chi connectivity index (χ0v) is 12.6. The van der Waals surface area contributed by atoms with Crippen LogP contribution in [0.15, 0.2) is 29.4 Å². The van der Waals surface area contributed by atoms with Gasteiger partial charge in [0.1, 0.15) is 0 Å². The molecule has 1 atom stereocenters. The minimum Gasteiger partial charge on any atom is -0.399 e. The summed E-state index contributed by atoms with van der Waals surface area (Å²) >= 11 is 0. The third-order valence-corrected chi connectivity index (χ3v) is 4.17. The van der Waals surface area contributed by atoms with E-state index in [0.29, 0.717) is 0 Å². The van der Waals surface area contributed by atoms with Crippen molar-refractivity contribution in [1.82, 2.24) is 0 Å². The average Bonchev–Trinajstić information content (AvgIpc) is 2.59. The van der Waals surface area contributed by atoms with Gasteiger partial charge in [0.25, 0.3) is 0 Å². The lowest BCUT2D eigenvalue weighted by molar-refractivity contribution is 0.00578. The minimum absolute atomic E-state index is 0.174. The fourth-order valence-electron chi connectivity index (χ4n) is 2.05. The van der Waals surface area contributed by atoms with Crippen molar-refractivity contribution >= 4 is 12.6 Å². The van der Waals surface area contributed by atoms with Crippen molar-refractivity contribution in [3.63, 3.8) is 0 Å². The molecule has 6 heteroatoms. The molecule has 0 bridgehead atoms. The lowest BCUT2D eigenvalue weighted by atomic mass is 9.78. The van der Waals surface area contributed by atoms with E-state index in [1.165, 1.54) is 0 Å². The molecule has 0 saturated carbocycles. The fourth-order valence-corrected chi connectivity index (χ4v) is 2.05. The summed E-state index contributed by atoms with van der Waals surface area (Å²) in [5.41, 5.74) is 9.73. The van der Waals surface area contributed by atoms with E-state index in [9.17, 15) is 0 Å². The molecule has 0 N–H and O–H groups in total. The highest BCUT2D eigenvalue weighted by atomic mass is 16.7. The molecule has 0 aromatic heterocycles. The summed E-state index contributed by atoms with van der Waals surface area (Å²) in [7, 11) is -0.358. The quantitative estimate of drug-likeness (QED) is 0.367. The maximum absolute atomic E-state index is 8.46. The maximum Gasteiger partial charge on any atom is 0.494 e. The highest BCUT2D eigenvalue weighted by Crippen LogP contribution is 2.36. The van der Waals surface area contributed by atoms with Gasteiger partial charge in [-0.15, -0.1) is 0 Å². The molecule has 1 saturated heterocycles. The maximum atomic E-state index is 8.46. The van der Waals surface area contributed by atoms with Crippen molar-refractivity contribution in [2.45, 2.75) is 51.9 Å². The first kappa shape index (κ1) is 14.9. The van der Waals surface area contributed by atoms with Gasteiger partial charge in [0.15, 0.2) is 0 Å². The molecule has 20 heavy (non-hydrogen) atoms. The SMILES string of the molecule is C[C@@H](N=[N+]=[N-])c1ccc(B2OC(C)(C)C(C)(C)O2)cc1. The minimum atomic E-state index is -0.358. The van der Waals surface area contributed by atoms with E-state index < -0.39 is 0 Å². The van der Waals surface area contributed by atoms with Crippen LogP contribution in [0.3, 0.4) is 0 Å². The van der Waals surface area contributed by atoms with Crippen molar-refractivity contribution in [1.29, 1.82) is 0 Å². The number of hydrogen-bond donors (Lipinski definition) is 0. The monoisotopic (exact) mass is 273 g/mol. The molecule has 1 aliphatic rings. The Morgan fingerprint density at radius 3 is 2.05 bits per heavy atom. The third kappa shape index (κ3) is 2.68. The topological polar surface area (TPSA) is 67.2 Å². The molecular weight excluding hydrogens is 253 g/mol. The van der Waals surface area contributed by atoms with Crippen LogP contribution in [-0.4, -0.2) is 18.3 Å². The van der Waals surface area contributed by atoms with Crippen LogP contribution in [-0.2, 0) is 9.31 Å². The van der Waals surface area contributed by atoms with Gasteiger partial charge in [-0.2, -0.15) is 0 Å². The van der Waals surface area contributed by atoms with Crippen molar-refractivity contribution in [3.8, 4) is 0 Å². The van der Waals surface area contributed by atoms with Gasteiger partial charge < -0.3 is 9.31 Å². The van der Waals surface area contributed by atoms with Crippen LogP contribution >= 0.6 is 0 Å². The van der Waals surface area contributed by atoms with Crippen LogP contribution in [0.25, 0.3) is 10.4 Å². The van der Waals surface area contributed by atoms with Crippen molar-refractivity contribution in [2.24, 2.45) is 5.11 Å². The molecular formula is C14H20BN3O2. The number of rotatable bonds is 3. The first-order valence-corrected chi connectivity index (χ1v) is 6.76. The van der Waals surface area contributed by atoms with Gasteiger partial charge in [-0.05, 0) is 44.3 Å². The Morgan fingerprint density at radius 2 is 1.60 bits per heavy atom. The van der Waals surface area contributed by atoms with Gasteiger partial charge in [-0.25, -0.2) is 0 Å². The molecule has 0 radical (unpaired) electrons. The molecule has 1 aliphatic heterocycles. The van der Waals surface area contributed by atoms with Crippen molar-refractivity contribution < 1.29 is 9.31 Å². The van der Waals surface area contributed by atoms with Crippen molar-refractivity contribution in [3.05, 3.63) is 40.3 Å². The Kier molecular flexibility index (Phi) is 3.83. The van der Waals surface area contributed by atoms with E-state index in [-0.39, 0.29) is 24.4 Å². The molecule has 1 aromatic carbocycles. The van der Waals surface area contributed by atoms with E-state index in [1.807, 2.05) is 58.9 Å². The molecule has 106 valence electrons. The van der Waals surface area contributed by atoms with Crippen LogP contribution < -0.4 is 5.46 Å². The number of nitrogens with zero attached hydrogens (tertiary/aromatic N) is 3. The highest BCUT2D eigenvalue weighted by molar-refractivity contribution is 6.62. The van der Waals surface area contributed by atoms with Gasteiger partial charge in [0, 0.05) is 4.91 Å². The van der Waals surface area contributed by atoms with Crippen LogP contribution in [0, 0.1) is 0 Å². The first-order valence-electron chi connectivity index (χ1n) is 6.76. The molecule has 5 nitrogen and oxygen atoms in total. The second kappa shape index (κ2) is 5.13. The highest BCUT2D eigenvalue weighted by Gasteiger charge is 2.51. The zero-order valence-electron chi connectivity index (χ0n) is 12.6. The predicted octanol–water partition coefficient (Wildman–Crippen LogP) is 3.36. The van der Waals surface area contributed by atoms with E-state index in [1.54, 1.807) is 0 Å². The zero-order chi connectivity index (χ0) is 15.0. The normalized spacial score (nSPS) is 21.4. The smallest absolute Gasteiger partial charge is 0.399 e. The summed E-state index contributed by atoms with van der Waals surface area (Å²) in [5.74, 6) is 0. The molecule has 2 rings (SSSR count). The van der Waals surface area contributed by atoms with Crippen LogP contribution in [0.1, 0.15) is 46.2 Å². The summed E-state index contributed by atoms with van der Waals surface area (Å²) in [5, 5.41) is 3.69. The third-order valence-electron chi connectivity index (χ3n) is 4.17. The lowest BCUT2D eigenvalue weighted by Crippen LogP contribution is -2.41. The van der Waals surface area contributed by atoms with Crippen LogP contribution in [0.4, 0.5) is 0 Å². The van der Waals surface area contributed by atoms with Gasteiger partial charge in [0.05, 0.1) is 17.2 Å². The summed E-state index contributed by atoms with van der Waals surface area (Å²) < 4.78 is 12.0. The fraction of sp³-hybridized carbons (Fsp3) is 0.571. The first-order chi connectivity index (χ1) is 9.27. The second-order valence-electron chi connectivity index (χ2n) is 6.14. The average molecular weight is 273 g/mol. The van der Waals surface area contributed by atoms with Crippen molar-refractivity contribution in [2.75, 3.05) is 0 Å². The molecule has 1 aromatic rings. The van der Waals surface area contributed by atoms with Gasteiger partial charge in [-0.3, -0.25) is 0 Å². The van der Waals surface area contributed by atoms with Crippen LogP contribution in [0.5, 0.6) is 0 Å². The molecule has 0 spiro atoms. The Morgan fingerprint density at radius 1 is 1.10 bits per heavy atom. The predicted molar refractivity (Wildman–Crippen MR) is 79.7 cm³/mol. The summed E-state index contributed by atoms with van der Waals surface area (Å²) in [6.45, 7) is 10.00. The van der Waals surface area contributed by atoms with Gasteiger partial charge in [-0.1, -0.05) is 36.3 Å². The summed E-state index contributed by atoms with van der Waals surface area (Å²) in [6.07, 6.45) is 0. The number of hydrogen-bond acceptors (Lipinski definition) is 3. The lowest BCUT2D eigenvalue weighted by Gasteiger charge is -2.32. The summed E-state index contributed by atoms with van der Waals surface area (Å²) in [4.78, 5) is 2.83. The Labute approximate surface area is 120 Å². The van der Waals surface area contributed by atoms with Crippen LogP contribution in [0.2, 0.25) is 0 Å². The Balaban J connectivity index is 2.18. The summed E-state index contributed by atoms with van der Waals surface area (Å²) in [6, 6.07) is 7.63. The molecule has 0 amide bonds. The molecule has 1 heterocycles. The Bertz CT molecular complexity index is 520. The number of benzene rings is 1. The number of azide groups is 1. The molecule has 0 aliphatic carbocycles.